The number of aromatic nitrogens is 3. The minimum atomic E-state index is -4.50. The van der Waals surface area contributed by atoms with Gasteiger partial charge in [-0.2, -0.15) is 13.2 Å². The molecule has 0 aliphatic carbocycles. The van der Waals surface area contributed by atoms with Crippen molar-refractivity contribution in [3.05, 3.63) is 41.9 Å². The number of fused-ring (bicyclic) bond motifs is 3. The Morgan fingerprint density at radius 2 is 2.15 bits per heavy atom. The molecule has 0 bridgehead atoms. The largest absolute Gasteiger partial charge is 0.416 e. The Hall–Kier alpha value is -3.14. The Bertz CT molecular complexity index is 1020. The molecule has 0 aliphatic rings. The number of nitrogens with two attached hydrogens (primary N) is 1. The van der Waals surface area contributed by atoms with E-state index in [9.17, 15) is 13.2 Å². The highest BCUT2D eigenvalue weighted by Crippen LogP contribution is 2.33. The molecule has 10 heteroatoms. The van der Waals surface area contributed by atoms with Gasteiger partial charge in [0.2, 0.25) is 0 Å². The van der Waals surface area contributed by atoms with Crippen LogP contribution in [0.5, 0.6) is 0 Å². The smallest absolute Gasteiger partial charge is 0.404 e. The number of hydrogen-bond donors (Lipinski definition) is 4. The minimum absolute atomic E-state index is 0.0390. The third kappa shape index (κ3) is 3.43. The molecular formula is C17H17F3N6O. The second-order valence-electron chi connectivity index (χ2n) is 5.73. The van der Waals surface area contributed by atoms with Gasteiger partial charge in [-0.25, -0.2) is 9.97 Å². The molecule has 5 N–H and O–H groups in total. The molecule has 0 fully saturated rings. The van der Waals surface area contributed by atoms with Crippen LogP contribution in [0.15, 0.2) is 30.6 Å². The van der Waals surface area contributed by atoms with Gasteiger partial charge in [0.1, 0.15) is 0 Å². The normalized spacial score (nSPS) is 12.7. The molecule has 7 nitrogen and oxygen atoms in total. The molecule has 2 heterocycles. The highest BCUT2D eigenvalue weighted by atomic mass is 19.4. The number of allylic oxidation sites excluding steroid dienone is 1. The summed E-state index contributed by atoms with van der Waals surface area (Å²) < 4.78 is 40.9. The molecule has 0 amide bonds. The summed E-state index contributed by atoms with van der Waals surface area (Å²) in [5.41, 5.74) is 6.47. The molecule has 1 aromatic carbocycles. The second kappa shape index (κ2) is 7.23. The van der Waals surface area contributed by atoms with Crippen LogP contribution in [0.2, 0.25) is 0 Å². The molecular weight excluding hydrogens is 361 g/mol. The first-order chi connectivity index (χ1) is 12.9. The fraction of sp³-hybridized carbons (Fsp3) is 0.235. The average molecular weight is 378 g/mol. The number of nitrogens with zero attached hydrogens (tertiary/aromatic N) is 3. The lowest BCUT2D eigenvalue weighted by atomic mass is 10.1. The summed E-state index contributed by atoms with van der Waals surface area (Å²) in [7, 11) is 0. The third-order valence-corrected chi connectivity index (χ3v) is 4.01. The van der Waals surface area contributed by atoms with E-state index in [1.165, 1.54) is 18.5 Å². The summed E-state index contributed by atoms with van der Waals surface area (Å²) in [4.78, 5) is 8.58. The van der Waals surface area contributed by atoms with Crippen molar-refractivity contribution >= 4 is 34.3 Å². The zero-order chi connectivity index (χ0) is 19.6. The molecule has 0 unspecified atom stereocenters. The average Bonchev–Trinajstić information content (AvgIpc) is 3.07. The van der Waals surface area contributed by atoms with Crippen molar-refractivity contribution in [2.24, 2.45) is 5.73 Å². The minimum Gasteiger partial charge on any atom is -0.404 e. The van der Waals surface area contributed by atoms with Crippen molar-refractivity contribution in [3.63, 3.8) is 0 Å². The zero-order valence-electron chi connectivity index (χ0n) is 14.1. The number of anilines is 1. The quantitative estimate of drug-likeness (QED) is 0.389. The van der Waals surface area contributed by atoms with Gasteiger partial charge in [0.05, 0.1) is 28.5 Å². The lowest BCUT2D eigenvalue weighted by Crippen LogP contribution is -2.10. The van der Waals surface area contributed by atoms with Crippen molar-refractivity contribution in [1.82, 2.24) is 14.4 Å². The van der Waals surface area contributed by atoms with Crippen LogP contribution in [-0.4, -0.2) is 38.8 Å². The molecule has 27 heavy (non-hydrogen) atoms. The highest BCUT2D eigenvalue weighted by Gasteiger charge is 2.31. The monoisotopic (exact) mass is 378 g/mol. The Kier molecular flexibility index (Phi) is 5.00. The van der Waals surface area contributed by atoms with E-state index < -0.39 is 11.7 Å². The van der Waals surface area contributed by atoms with E-state index in [1.54, 1.807) is 4.40 Å². The summed E-state index contributed by atoms with van der Waals surface area (Å²) >= 11 is 0. The molecule has 0 saturated heterocycles. The maximum Gasteiger partial charge on any atom is 0.416 e. The predicted molar refractivity (Wildman–Crippen MR) is 96.6 cm³/mol. The van der Waals surface area contributed by atoms with Crippen LogP contribution in [0.4, 0.5) is 19.0 Å². The molecule has 0 spiro atoms. The molecule has 0 atom stereocenters. The summed E-state index contributed by atoms with van der Waals surface area (Å²) in [6.07, 6.45) is -0.305. The maximum atomic E-state index is 13.1. The van der Waals surface area contributed by atoms with Crippen molar-refractivity contribution in [3.8, 4) is 0 Å². The fourth-order valence-corrected chi connectivity index (χ4v) is 2.73. The van der Waals surface area contributed by atoms with Crippen LogP contribution in [0.1, 0.15) is 17.7 Å². The number of alkyl halides is 3. The summed E-state index contributed by atoms with van der Waals surface area (Å²) in [5.74, 6) is 0.280. The van der Waals surface area contributed by atoms with Gasteiger partial charge in [0, 0.05) is 31.1 Å². The van der Waals surface area contributed by atoms with E-state index in [0.29, 0.717) is 35.4 Å². The van der Waals surface area contributed by atoms with Crippen LogP contribution >= 0.6 is 0 Å². The lowest BCUT2D eigenvalue weighted by molar-refractivity contribution is -0.137. The Balaban J connectivity index is 2.31. The fourth-order valence-electron chi connectivity index (χ4n) is 2.73. The van der Waals surface area contributed by atoms with Gasteiger partial charge in [0.15, 0.2) is 11.5 Å². The van der Waals surface area contributed by atoms with Crippen LogP contribution in [0, 0.1) is 5.41 Å². The number of aliphatic hydroxyl groups excluding tert-OH is 1. The van der Waals surface area contributed by atoms with Crippen molar-refractivity contribution < 1.29 is 18.3 Å². The van der Waals surface area contributed by atoms with E-state index in [0.717, 1.165) is 18.3 Å². The summed E-state index contributed by atoms with van der Waals surface area (Å²) in [5, 5.41) is 19.4. The molecule has 142 valence electrons. The number of imidazole rings is 1. The molecule has 3 aromatic rings. The first-order valence-electron chi connectivity index (χ1n) is 8.06. The van der Waals surface area contributed by atoms with E-state index in [1.807, 2.05) is 0 Å². The number of nitrogens with one attached hydrogen (secondary N) is 2. The lowest BCUT2D eigenvalue weighted by Gasteiger charge is -2.13. The number of hydrogen-bond acceptors (Lipinski definition) is 6. The van der Waals surface area contributed by atoms with Gasteiger partial charge >= 0.3 is 6.18 Å². The van der Waals surface area contributed by atoms with Crippen LogP contribution < -0.4 is 11.1 Å². The van der Waals surface area contributed by atoms with E-state index in [-0.39, 0.29) is 17.9 Å². The molecule has 0 radical (unpaired) electrons. The molecule has 3 rings (SSSR count). The Morgan fingerprint density at radius 3 is 2.78 bits per heavy atom. The van der Waals surface area contributed by atoms with Gasteiger partial charge in [0.25, 0.3) is 0 Å². The van der Waals surface area contributed by atoms with Gasteiger partial charge < -0.3 is 21.6 Å². The molecule has 0 saturated carbocycles. The van der Waals surface area contributed by atoms with E-state index >= 15 is 0 Å². The van der Waals surface area contributed by atoms with Gasteiger partial charge in [-0.1, -0.05) is 0 Å². The van der Waals surface area contributed by atoms with Crippen molar-refractivity contribution in [1.29, 1.82) is 5.41 Å². The highest BCUT2D eigenvalue weighted by molar-refractivity contribution is 6.08. The van der Waals surface area contributed by atoms with Gasteiger partial charge in [-0.3, -0.25) is 4.40 Å². The summed E-state index contributed by atoms with van der Waals surface area (Å²) in [6.45, 7) is 0.332. The predicted octanol–water partition coefficient (Wildman–Crippen LogP) is 2.64. The number of benzene rings is 1. The first-order valence-corrected chi connectivity index (χ1v) is 8.06. The number of halogens is 3. The Labute approximate surface area is 151 Å². The van der Waals surface area contributed by atoms with Gasteiger partial charge in [-0.15, -0.1) is 0 Å². The topological polar surface area (TPSA) is 112 Å². The van der Waals surface area contributed by atoms with Crippen LogP contribution in [0.25, 0.3) is 22.3 Å². The van der Waals surface area contributed by atoms with Gasteiger partial charge in [-0.05, 0) is 24.6 Å². The SMILES string of the molecule is N=C/C(=C\N)c1cnc2c(NCCCO)nc3cc(C(F)(F)F)ccc3n12. The zero-order valence-corrected chi connectivity index (χ0v) is 14.1. The number of rotatable bonds is 6. The maximum absolute atomic E-state index is 13.1. The van der Waals surface area contributed by atoms with Crippen LogP contribution in [-0.2, 0) is 6.18 Å². The van der Waals surface area contributed by atoms with E-state index in [2.05, 4.69) is 15.3 Å². The Morgan fingerprint density at radius 1 is 1.37 bits per heavy atom. The third-order valence-electron chi connectivity index (χ3n) is 4.01. The van der Waals surface area contributed by atoms with Crippen molar-refractivity contribution in [2.45, 2.75) is 12.6 Å². The van der Waals surface area contributed by atoms with Crippen LogP contribution in [0.3, 0.4) is 0 Å². The standard InChI is InChI=1S/C17H17F3N6O/c18-17(19,20)11-2-3-13-12(6-11)25-15(23-4-1-5-27)16-24-9-14(26(13)16)10(7-21)8-22/h2-3,6-9,21,27H,1,4-5,22H2,(H,23,25)/b10-8+,21-7?. The first kappa shape index (κ1) is 18.6. The molecule has 2 aromatic heterocycles. The van der Waals surface area contributed by atoms with E-state index in [4.69, 9.17) is 16.2 Å². The van der Waals surface area contributed by atoms with Crippen molar-refractivity contribution in [2.75, 3.05) is 18.5 Å². The molecule has 0 aliphatic heterocycles. The summed E-state index contributed by atoms with van der Waals surface area (Å²) in [6, 6.07) is 3.26. The number of aliphatic hydroxyl groups is 1. The second-order valence-corrected chi connectivity index (χ2v) is 5.73.